The standard InChI is InChI=1S/C19H29N5O3S/c1-22(2)17(25)14-21-19(20-13-15-5-4-12-28-15)24-9-7-23(8-10-24)18(26)16-6-3-11-27-16/h4-5,12,16H,3,6-11,13-14H2,1-2H3,(H,20,21). The molecule has 1 aromatic rings. The van der Waals surface area contributed by atoms with Gasteiger partial charge in [0.15, 0.2) is 5.96 Å². The van der Waals surface area contributed by atoms with Crippen molar-refractivity contribution in [2.45, 2.75) is 25.5 Å². The minimum absolute atomic E-state index is 0.0392. The average molecular weight is 408 g/mol. The Balaban J connectivity index is 1.58. The van der Waals surface area contributed by atoms with Crippen LogP contribution in [-0.2, 0) is 20.9 Å². The number of carbonyl (C=O) groups excluding carboxylic acids is 2. The van der Waals surface area contributed by atoms with Gasteiger partial charge in [0.25, 0.3) is 5.91 Å². The summed E-state index contributed by atoms with van der Waals surface area (Å²) in [7, 11) is 3.46. The molecule has 2 fully saturated rings. The number of thiophene rings is 1. The Morgan fingerprint density at radius 3 is 2.64 bits per heavy atom. The number of likely N-dealkylation sites (N-methyl/N-ethyl adjacent to an activating group) is 1. The van der Waals surface area contributed by atoms with Crippen molar-refractivity contribution in [3.05, 3.63) is 22.4 Å². The SMILES string of the molecule is CN(C)C(=O)CN=C(NCc1cccs1)N1CCN(C(=O)C2CCCO2)CC1. The van der Waals surface area contributed by atoms with Gasteiger partial charge in [-0.15, -0.1) is 11.3 Å². The molecule has 2 aliphatic rings. The predicted molar refractivity (Wildman–Crippen MR) is 109 cm³/mol. The fourth-order valence-electron chi connectivity index (χ4n) is 3.25. The minimum atomic E-state index is -0.269. The summed E-state index contributed by atoms with van der Waals surface area (Å²) >= 11 is 1.68. The van der Waals surface area contributed by atoms with Crippen molar-refractivity contribution in [2.75, 3.05) is 53.4 Å². The summed E-state index contributed by atoms with van der Waals surface area (Å²) in [6.07, 6.45) is 1.51. The van der Waals surface area contributed by atoms with Crippen LogP contribution in [0, 0.1) is 0 Å². The third-order valence-corrected chi connectivity index (χ3v) is 5.84. The molecule has 3 rings (SSSR count). The molecule has 9 heteroatoms. The monoisotopic (exact) mass is 407 g/mol. The summed E-state index contributed by atoms with van der Waals surface area (Å²) in [4.78, 5) is 35.8. The highest BCUT2D eigenvalue weighted by molar-refractivity contribution is 7.09. The Bertz CT molecular complexity index is 678. The van der Waals surface area contributed by atoms with Crippen LogP contribution in [0.5, 0.6) is 0 Å². The zero-order valence-electron chi connectivity index (χ0n) is 16.6. The highest BCUT2D eigenvalue weighted by Crippen LogP contribution is 2.16. The molecule has 2 amide bonds. The number of hydrogen-bond donors (Lipinski definition) is 1. The first-order valence-electron chi connectivity index (χ1n) is 9.71. The van der Waals surface area contributed by atoms with E-state index in [9.17, 15) is 9.59 Å². The number of aliphatic imine (C=N–C) groups is 1. The lowest BCUT2D eigenvalue weighted by atomic mass is 10.2. The number of nitrogens with zero attached hydrogens (tertiary/aromatic N) is 4. The molecule has 28 heavy (non-hydrogen) atoms. The van der Waals surface area contributed by atoms with Crippen LogP contribution in [0.1, 0.15) is 17.7 Å². The van der Waals surface area contributed by atoms with Crippen molar-refractivity contribution < 1.29 is 14.3 Å². The highest BCUT2D eigenvalue weighted by Gasteiger charge is 2.31. The molecular formula is C19H29N5O3S. The van der Waals surface area contributed by atoms with E-state index >= 15 is 0 Å². The Morgan fingerprint density at radius 2 is 2.04 bits per heavy atom. The zero-order chi connectivity index (χ0) is 19.9. The molecule has 1 aromatic heterocycles. The van der Waals surface area contributed by atoms with E-state index in [2.05, 4.69) is 21.3 Å². The van der Waals surface area contributed by atoms with Crippen LogP contribution in [-0.4, -0.2) is 92.0 Å². The molecule has 154 valence electrons. The average Bonchev–Trinajstić information content (AvgIpc) is 3.41. The molecule has 0 radical (unpaired) electrons. The van der Waals surface area contributed by atoms with Gasteiger partial charge in [-0.05, 0) is 24.3 Å². The summed E-state index contributed by atoms with van der Waals surface area (Å²) < 4.78 is 5.53. The topological polar surface area (TPSA) is 77.5 Å². The van der Waals surface area contributed by atoms with Gasteiger partial charge >= 0.3 is 0 Å². The Morgan fingerprint density at radius 1 is 1.29 bits per heavy atom. The summed E-state index contributed by atoms with van der Waals surface area (Å²) in [5, 5.41) is 5.41. The van der Waals surface area contributed by atoms with Gasteiger partial charge in [0.2, 0.25) is 5.91 Å². The van der Waals surface area contributed by atoms with Gasteiger partial charge < -0.3 is 24.8 Å². The normalized spacial score (nSPS) is 20.4. The number of hydrogen-bond acceptors (Lipinski definition) is 5. The molecule has 0 saturated carbocycles. The third kappa shape index (κ3) is 5.45. The van der Waals surface area contributed by atoms with Crippen molar-refractivity contribution in [1.82, 2.24) is 20.0 Å². The van der Waals surface area contributed by atoms with Crippen molar-refractivity contribution in [1.29, 1.82) is 0 Å². The second-order valence-electron chi connectivity index (χ2n) is 7.17. The van der Waals surface area contributed by atoms with E-state index in [1.165, 1.54) is 4.88 Å². The van der Waals surface area contributed by atoms with Gasteiger partial charge in [-0.25, -0.2) is 4.99 Å². The lowest BCUT2D eigenvalue weighted by Gasteiger charge is -2.37. The maximum atomic E-state index is 12.5. The molecule has 8 nitrogen and oxygen atoms in total. The van der Waals surface area contributed by atoms with Crippen LogP contribution in [0.2, 0.25) is 0 Å². The minimum Gasteiger partial charge on any atom is -0.368 e. The summed E-state index contributed by atoms with van der Waals surface area (Å²) in [6.45, 7) is 4.10. The van der Waals surface area contributed by atoms with Crippen molar-refractivity contribution >= 4 is 29.1 Å². The third-order valence-electron chi connectivity index (χ3n) is 4.96. The second kappa shape index (κ2) is 9.88. The van der Waals surface area contributed by atoms with E-state index in [1.54, 1.807) is 30.3 Å². The quantitative estimate of drug-likeness (QED) is 0.572. The van der Waals surface area contributed by atoms with Gasteiger partial charge in [0.05, 0.1) is 6.54 Å². The lowest BCUT2D eigenvalue weighted by Crippen LogP contribution is -2.55. The van der Waals surface area contributed by atoms with E-state index < -0.39 is 0 Å². The lowest BCUT2D eigenvalue weighted by molar-refractivity contribution is -0.142. The van der Waals surface area contributed by atoms with Crippen LogP contribution in [0.3, 0.4) is 0 Å². The Labute approximate surface area is 170 Å². The largest absolute Gasteiger partial charge is 0.368 e. The predicted octanol–water partition coefficient (Wildman–Crippen LogP) is 0.605. The maximum absolute atomic E-state index is 12.5. The van der Waals surface area contributed by atoms with Gasteiger partial charge in [-0.1, -0.05) is 6.07 Å². The van der Waals surface area contributed by atoms with Gasteiger partial charge in [-0.2, -0.15) is 0 Å². The van der Waals surface area contributed by atoms with E-state index in [1.807, 2.05) is 16.3 Å². The molecule has 1 N–H and O–H groups in total. The molecule has 2 saturated heterocycles. The first-order chi connectivity index (χ1) is 13.5. The molecule has 2 aliphatic heterocycles. The summed E-state index contributed by atoms with van der Waals surface area (Å²) in [5.74, 6) is 0.778. The summed E-state index contributed by atoms with van der Waals surface area (Å²) in [6, 6.07) is 4.09. The number of amides is 2. The van der Waals surface area contributed by atoms with Crippen molar-refractivity contribution in [3.8, 4) is 0 Å². The second-order valence-corrected chi connectivity index (χ2v) is 8.21. The first kappa shape index (κ1) is 20.6. The van der Waals surface area contributed by atoms with E-state index in [-0.39, 0.29) is 24.5 Å². The number of carbonyl (C=O) groups is 2. The van der Waals surface area contributed by atoms with Crippen LogP contribution in [0.25, 0.3) is 0 Å². The fourth-order valence-corrected chi connectivity index (χ4v) is 3.89. The molecule has 1 unspecified atom stereocenters. The number of nitrogens with one attached hydrogen (secondary N) is 1. The van der Waals surface area contributed by atoms with Crippen molar-refractivity contribution in [3.63, 3.8) is 0 Å². The number of guanidine groups is 1. The smallest absolute Gasteiger partial charge is 0.251 e. The molecular weight excluding hydrogens is 378 g/mol. The first-order valence-corrected chi connectivity index (χ1v) is 10.6. The van der Waals surface area contributed by atoms with Crippen LogP contribution in [0.15, 0.2) is 22.5 Å². The molecule has 0 aliphatic carbocycles. The van der Waals surface area contributed by atoms with E-state index in [0.717, 1.165) is 12.8 Å². The van der Waals surface area contributed by atoms with E-state index in [0.29, 0.717) is 45.3 Å². The number of piperazine rings is 1. The fraction of sp³-hybridized carbons (Fsp3) is 0.632. The van der Waals surface area contributed by atoms with Gasteiger partial charge in [0, 0.05) is 51.8 Å². The number of rotatable bonds is 5. The van der Waals surface area contributed by atoms with Crippen LogP contribution >= 0.6 is 11.3 Å². The van der Waals surface area contributed by atoms with Gasteiger partial charge in [-0.3, -0.25) is 9.59 Å². The number of ether oxygens (including phenoxy) is 1. The maximum Gasteiger partial charge on any atom is 0.251 e. The Kier molecular flexibility index (Phi) is 7.27. The molecule has 0 bridgehead atoms. The zero-order valence-corrected chi connectivity index (χ0v) is 17.4. The summed E-state index contributed by atoms with van der Waals surface area (Å²) in [5.41, 5.74) is 0. The molecule has 0 spiro atoms. The Hall–Kier alpha value is -2.13. The molecule has 1 atom stereocenters. The highest BCUT2D eigenvalue weighted by atomic mass is 32.1. The molecule has 3 heterocycles. The van der Waals surface area contributed by atoms with Gasteiger partial charge in [0.1, 0.15) is 12.6 Å². The van der Waals surface area contributed by atoms with E-state index in [4.69, 9.17) is 4.74 Å². The van der Waals surface area contributed by atoms with Crippen LogP contribution in [0.4, 0.5) is 0 Å². The van der Waals surface area contributed by atoms with Crippen molar-refractivity contribution in [2.24, 2.45) is 4.99 Å². The van der Waals surface area contributed by atoms with Crippen LogP contribution < -0.4 is 5.32 Å². The molecule has 0 aromatic carbocycles.